The number of urea groups is 1. The molecule has 3 amide bonds. The molecule has 1 atom stereocenters. The van der Waals surface area contributed by atoms with Gasteiger partial charge < -0.3 is 29.3 Å². The van der Waals surface area contributed by atoms with Gasteiger partial charge in [0.15, 0.2) is 18.1 Å². The number of benzene rings is 2. The van der Waals surface area contributed by atoms with Crippen LogP contribution in [0.2, 0.25) is 10.0 Å². The van der Waals surface area contributed by atoms with Crippen LogP contribution in [-0.4, -0.2) is 44.9 Å². The van der Waals surface area contributed by atoms with Gasteiger partial charge in [0.25, 0.3) is 5.91 Å². The molecule has 0 radical (unpaired) electrons. The zero-order valence-corrected chi connectivity index (χ0v) is 23.1. The van der Waals surface area contributed by atoms with Gasteiger partial charge in [0.05, 0.1) is 42.1 Å². The van der Waals surface area contributed by atoms with Crippen molar-refractivity contribution in [2.24, 2.45) is 5.10 Å². The summed E-state index contributed by atoms with van der Waals surface area (Å²) in [5.41, 5.74) is 4.26. The molecule has 0 bridgehead atoms. The third-order valence-electron chi connectivity index (χ3n) is 5.77. The molecule has 40 heavy (non-hydrogen) atoms. The van der Waals surface area contributed by atoms with Crippen molar-refractivity contribution in [3.05, 3.63) is 81.2 Å². The van der Waals surface area contributed by atoms with Gasteiger partial charge in [-0.1, -0.05) is 29.3 Å². The van der Waals surface area contributed by atoms with Crippen LogP contribution in [0.1, 0.15) is 24.3 Å². The van der Waals surface area contributed by atoms with Gasteiger partial charge in [0, 0.05) is 11.3 Å². The maximum Gasteiger partial charge on any atom is 0.337 e. The normalized spacial score (nSPS) is 14.9. The monoisotopic (exact) mass is 586 g/mol. The maximum absolute atomic E-state index is 12.3. The first-order valence-electron chi connectivity index (χ1n) is 11.7. The van der Waals surface area contributed by atoms with Crippen LogP contribution < -0.4 is 25.5 Å². The summed E-state index contributed by atoms with van der Waals surface area (Å²) in [5.74, 6) is 0.387. The van der Waals surface area contributed by atoms with Crippen molar-refractivity contribution in [1.82, 2.24) is 16.1 Å². The Hall–Kier alpha value is -4.48. The summed E-state index contributed by atoms with van der Waals surface area (Å²) in [5, 5.41) is 9.98. The number of hydrogen-bond donors (Lipinski definition) is 3. The lowest BCUT2D eigenvalue weighted by Gasteiger charge is -2.28. The average Bonchev–Trinajstić information content (AvgIpc) is 3.41. The van der Waals surface area contributed by atoms with E-state index in [-0.39, 0.29) is 23.7 Å². The molecule has 2 heterocycles. The molecule has 0 saturated carbocycles. The van der Waals surface area contributed by atoms with Crippen molar-refractivity contribution in [3.63, 3.8) is 0 Å². The van der Waals surface area contributed by atoms with Crippen LogP contribution >= 0.6 is 23.2 Å². The summed E-state index contributed by atoms with van der Waals surface area (Å²) < 4.78 is 21.6. The molecule has 2 aromatic carbocycles. The van der Waals surface area contributed by atoms with Crippen LogP contribution in [0, 0.1) is 0 Å². The largest absolute Gasteiger partial charge is 0.493 e. The second-order valence-electron chi connectivity index (χ2n) is 8.38. The molecule has 0 unspecified atom stereocenters. The van der Waals surface area contributed by atoms with E-state index in [0.29, 0.717) is 32.8 Å². The molecule has 0 saturated heterocycles. The fourth-order valence-corrected chi connectivity index (χ4v) is 4.18. The first-order chi connectivity index (χ1) is 19.2. The van der Waals surface area contributed by atoms with Gasteiger partial charge >= 0.3 is 12.0 Å². The number of hydrazone groups is 1. The highest BCUT2D eigenvalue weighted by Gasteiger charge is 2.32. The number of methoxy groups -OCH3 is 2. The SMILES string of the molecule is COC(=O)C1=C(C)NC(=O)N[C@@H]1c1ccc(OCC(=O)N/N=C\c2ccc(-c3ccc(Cl)c(Cl)c3)o2)c(OC)c1. The average molecular weight is 587 g/mol. The van der Waals surface area contributed by atoms with Gasteiger partial charge in [-0.15, -0.1) is 0 Å². The molecule has 4 rings (SSSR count). The number of furan rings is 1. The highest BCUT2D eigenvalue weighted by molar-refractivity contribution is 6.42. The Labute approximate surface area is 239 Å². The molecule has 208 valence electrons. The topological polar surface area (TPSA) is 140 Å². The molecule has 1 aliphatic rings. The highest BCUT2D eigenvalue weighted by Crippen LogP contribution is 2.34. The molecule has 13 heteroatoms. The number of carbonyl (C=O) groups excluding carboxylic acids is 3. The number of rotatable bonds is 9. The second-order valence-corrected chi connectivity index (χ2v) is 9.20. The predicted octanol–water partition coefficient (Wildman–Crippen LogP) is 4.59. The number of nitrogens with one attached hydrogen (secondary N) is 3. The van der Waals surface area contributed by atoms with Gasteiger partial charge in [-0.25, -0.2) is 15.0 Å². The minimum atomic E-state index is -0.777. The smallest absolute Gasteiger partial charge is 0.337 e. The predicted molar refractivity (Wildman–Crippen MR) is 148 cm³/mol. The van der Waals surface area contributed by atoms with Crippen LogP contribution in [0.15, 0.2) is 69.3 Å². The van der Waals surface area contributed by atoms with Crippen molar-refractivity contribution < 1.29 is 33.0 Å². The number of carbonyl (C=O) groups is 3. The fraction of sp³-hybridized carbons (Fsp3) is 0.185. The third-order valence-corrected chi connectivity index (χ3v) is 6.51. The van der Waals surface area contributed by atoms with E-state index in [0.717, 1.165) is 5.56 Å². The summed E-state index contributed by atoms with van der Waals surface area (Å²) in [7, 11) is 2.68. The van der Waals surface area contributed by atoms with E-state index >= 15 is 0 Å². The number of amides is 3. The van der Waals surface area contributed by atoms with Gasteiger partial charge in [0.2, 0.25) is 0 Å². The lowest BCUT2D eigenvalue weighted by molar-refractivity contribution is -0.136. The van der Waals surface area contributed by atoms with Crippen LogP contribution in [0.5, 0.6) is 11.5 Å². The number of allylic oxidation sites excluding steroid dienone is 1. The first-order valence-corrected chi connectivity index (χ1v) is 12.5. The molecular weight excluding hydrogens is 563 g/mol. The molecule has 1 aromatic heterocycles. The Balaban J connectivity index is 1.37. The molecule has 3 aromatic rings. The van der Waals surface area contributed by atoms with Crippen LogP contribution in [0.25, 0.3) is 11.3 Å². The molecular formula is C27H24Cl2N4O7. The van der Waals surface area contributed by atoms with E-state index in [1.807, 2.05) is 0 Å². The van der Waals surface area contributed by atoms with E-state index in [2.05, 4.69) is 21.2 Å². The van der Waals surface area contributed by atoms with E-state index in [1.54, 1.807) is 55.5 Å². The Bertz CT molecular complexity index is 1520. The summed E-state index contributed by atoms with van der Waals surface area (Å²) in [6.07, 6.45) is 1.34. The van der Waals surface area contributed by atoms with E-state index in [4.69, 9.17) is 41.8 Å². The molecule has 0 fully saturated rings. The number of halogens is 2. The van der Waals surface area contributed by atoms with Crippen molar-refractivity contribution >= 4 is 47.3 Å². The van der Waals surface area contributed by atoms with Crippen molar-refractivity contribution in [1.29, 1.82) is 0 Å². The highest BCUT2D eigenvalue weighted by atomic mass is 35.5. The fourth-order valence-electron chi connectivity index (χ4n) is 3.88. The summed E-state index contributed by atoms with van der Waals surface area (Å²) in [6.45, 7) is 1.24. The summed E-state index contributed by atoms with van der Waals surface area (Å²) in [4.78, 5) is 36.7. The van der Waals surface area contributed by atoms with Crippen LogP contribution in [0.4, 0.5) is 4.79 Å². The lowest BCUT2D eigenvalue weighted by Crippen LogP contribution is -2.45. The molecule has 1 aliphatic heterocycles. The maximum atomic E-state index is 12.3. The van der Waals surface area contributed by atoms with Gasteiger partial charge in [0.1, 0.15) is 11.5 Å². The Morgan fingerprint density at radius 1 is 1.07 bits per heavy atom. The van der Waals surface area contributed by atoms with Crippen molar-refractivity contribution in [2.45, 2.75) is 13.0 Å². The molecule has 11 nitrogen and oxygen atoms in total. The van der Waals surface area contributed by atoms with E-state index in [9.17, 15) is 14.4 Å². The minimum absolute atomic E-state index is 0.246. The zero-order chi connectivity index (χ0) is 28.8. The standard InChI is InChI=1S/C27H24Cl2N4O7/c1-14-24(26(35)38-3)25(32-27(36)31-14)16-5-8-21(22(11-16)37-2)39-13-23(34)33-30-12-17-6-9-20(40-17)15-4-7-18(28)19(29)10-15/h4-12,25H,13H2,1-3H3,(H,33,34)(H2,31,32,36)/b30-12-/t25-/m1/s1. The molecule has 3 N–H and O–H groups in total. The number of hydrogen-bond acceptors (Lipinski definition) is 8. The van der Waals surface area contributed by atoms with Crippen molar-refractivity contribution in [3.8, 4) is 22.8 Å². The quantitative estimate of drug-likeness (QED) is 0.189. The van der Waals surface area contributed by atoms with E-state index < -0.39 is 23.9 Å². The van der Waals surface area contributed by atoms with Crippen molar-refractivity contribution in [2.75, 3.05) is 20.8 Å². The Morgan fingerprint density at radius 2 is 1.88 bits per heavy atom. The van der Waals surface area contributed by atoms with E-state index in [1.165, 1.54) is 20.4 Å². The third kappa shape index (κ3) is 6.56. The number of nitrogens with zero attached hydrogens (tertiary/aromatic N) is 1. The summed E-state index contributed by atoms with van der Waals surface area (Å²) >= 11 is 12.0. The Morgan fingerprint density at radius 3 is 2.60 bits per heavy atom. The lowest BCUT2D eigenvalue weighted by atomic mass is 9.95. The van der Waals surface area contributed by atoms with Crippen LogP contribution in [-0.2, 0) is 14.3 Å². The molecule has 0 spiro atoms. The zero-order valence-electron chi connectivity index (χ0n) is 21.5. The second kappa shape index (κ2) is 12.6. The van der Waals surface area contributed by atoms with Gasteiger partial charge in [-0.05, 0) is 55.0 Å². The number of esters is 1. The molecule has 0 aliphatic carbocycles. The number of ether oxygens (including phenoxy) is 3. The first kappa shape index (κ1) is 28.5. The Kier molecular flexibility index (Phi) is 8.97. The summed E-state index contributed by atoms with van der Waals surface area (Å²) in [6, 6.07) is 12.1. The van der Waals surface area contributed by atoms with Gasteiger partial charge in [-0.3, -0.25) is 4.79 Å². The van der Waals surface area contributed by atoms with Gasteiger partial charge in [-0.2, -0.15) is 5.10 Å². The van der Waals surface area contributed by atoms with Crippen LogP contribution in [0.3, 0.4) is 0 Å². The minimum Gasteiger partial charge on any atom is -0.493 e.